The summed E-state index contributed by atoms with van der Waals surface area (Å²) < 4.78 is 278. The summed E-state index contributed by atoms with van der Waals surface area (Å²) in [6.45, 7) is 6.23. The minimum absolute atomic E-state index is 0.170. The van der Waals surface area contributed by atoms with Crippen molar-refractivity contribution in [1.29, 1.82) is 0 Å². The van der Waals surface area contributed by atoms with Crippen LogP contribution in [0, 0.1) is 17.5 Å². The summed E-state index contributed by atoms with van der Waals surface area (Å²) in [4.78, 5) is 0. The van der Waals surface area contributed by atoms with Crippen molar-refractivity contribution in [2.45, 2.75) is 81.3 Å². The van der Waals surface area contributed by atoms with Gasteiger partial charge in [-0.05, 0) is 87.9 Å². The topological polar surface area (TPSA) is 213 Å². The summed E-state index contributed by atoms with van der Waals surface area (Å²) in [5, 5.41) is 0. The number of halogens is 12. The van der Waals surface area contributed by atoms with Gasteiger partial charge in [0.05, 0.1) is 56.9 Å². The predicted molar refractivity (Wildman–Crippen MR) is 236 cm³/mol. The molecule has 0 spiro atoms. The quantitative estimate of drug-likeness (QED) is 0.0448. The minimum Gasteiger partial charge on any atom is -0.384 e. The smallest absolute Gasteiger partial charge is 0.384 e. The highest BCUT2D eigenvalue weighted by molar-refractivity contribution is 7.88. The molecule has 0 N–H and O–H groups in total. The number of hydrogen-bond donors (Lipinski definition) is 0. The molecule has 4 aromatic rings. The van der Waals surface area contributed by atoms with Crippen molar-refractivity contribution in [1.82, 2.24) is 0 Å². The van der Waals surface area contributed by atoms with Crippen molar-refractivity contribution in [3.8, 4) is 17.2 Å². The first-order chi connectivity index (χ1) is 35.0. The Balaban J connectivity index is 0.000000212. The van der Waals surface area contributed by atoms with Crippen LogP contribution in [0.15, 0.2) is 84.9 Å². The molecule has 3 fully saturated rings. The van der Waals surface area contributed by atoms with E-state index >= 15 is 0 Å². The van der Waals surface area contributed by atoms with Gasteiger partial charge in [0.25, 0.3) is 0 Å². The van der Waals surface area contributed by atoms with Crippen LogP contribution in [-0.2, 0) is 92.1 Å². The van der Waals surface area contributed by atoms with Gasteiger partial charge in [-0.25, -0.2) is 13.2 Å². The zero-order valence-corrected chi connectivity index (χ0v) is 41.7. The third-order valence-electron chi connectivity index (χ3n) is 10.3. The molecule has 36 heteroatoms. The molecule has 4 aromatic carbocycles. The van der Waals surface area contributed by atoms with E-state index in [9.17, 15) is 77.9 Å². The third-order valence-corrected chi connectivity index (χ3v) is 13.2. The van der Waals surface area contributed by atoms with E-state index in [0.29, 0.717) is 0 Å². The molecule has 7 rings (SSSR count). The molecule has 1 atom stereocenters. The van der Waals surface area contributed by atoms with Gasteiger partial charge < -0.3 is 54.4 Å². The van der Waals surface area contributed by atoms with Crippen LogP contribution in [0.4, 0.5) is 52.7 Å². The molecule has 0 aromatic heterocycles. The Morgan fingerprint density at radius 1 is 0.500 bits per heavy atom. The molecule has 0 saturated carbocycles. The molecule has 76 heavy (non-hydrogen) atoms. The maximum absolute atomic E-state index is 13.5. The molecular formula is C40H39B3F12O18S3. The molecule has 0 bridgehead atoms. The Kier molecular flexibility index (Phi) is 19.9. The van der Waals surface area contributed by atoms with Gasteiger partial charge in [0.1, 0.15) is 34.7 Å². The number of benzene rings is 4. The van der Waals surface area contributed by atoms with Crippen molar-refractivity contribution in [2.24, 2.45) is 0 Å². The van der Waals surface area contributed by atoms with Crippen molar-refractivity contribution >= 4 is 52.3 Å². The summed E-state index contributed by atoms with van der Waals surface area (Å²) in [6, 6.07) is 16.0. The lowest BCUT2D eigenvalue weighted by Gasteiger charge is -2.31. The third kappa shape index (κ3) is 16.8. The van der Waals surface area contributed by atoms with E-state index in [-0.39, 0.29) is 36.5 Å². The van der Waals surface area contributed by atoms with Crippen LogP contribution < -0.4 is 12.5 Å². The first-order valence-corrected chi connectivity index (χ1v) is 25.3. The van der Waals surface area contributed by atoms with Gasteiger partial charge in [0.2, 0.25) is 0 Å². The van der Waals surface area contributed by atoms with Crippen molar-refractivity contribution in [3.05, 3.63) is 125 Å². The van der Waals surface area contributed by atoms with Gasteiger partial charge in [-0.3, -0.25) is 0 Å². The summed E-state index contributed by atoms with van der Waals surface area (Å²) in [5.74, 6) is -4.54. The molecule has 18 nitrogen and oxygen atoms in total. The van der Waals surface area contributed by atoms with Crippen LogP contribution in [-0.4, -0.2) is 94.8 Å². The zero-order chi connectivity index (χ0) is 56.7. The molecule has 0 amide bonds. The highest BCUT2D eigenvalue weighted by Crippen LogP contribution is 2.38. The van der Waals surface area contributed by atoms with Crippen LogP contribution in [0.2, 0.25) is 0 Å². The van der Waals surface area contributed by atoms with Gasteiger partial charge in [-0.1, -0.05) is 30.3 Å². The largest absolute Gasteiger partial charge is 0.640 e. The van der Waals surface area contributed by atoms with Crippen molar-refractivity contribution in [3.63, 3.8) is 0 Å². The lowest BCUT2D eigenvalue weighted by Crippen LogP contribution is -2.41. The second-order valence-electron chi connectivity index (χ2n) is 16.4. The van der Waals surface area contributed by atoms with Crippen LogP contribution >= 0.6 is 0 Å². The molecule has 418 valence electrons. The Bertz CT molecular complexity index is 2940. The molecule has 3 aliphatic heterocycles. The summed E-state index contributed by atoms with van der Waals surface area (Å²) in [5.41, 5.74) is -18.2. The zero-order valence-electron chi connectivity index (χ0n) is 39.2. The Labute approximate surface area is 426 Å². The van der Waals surface area contributed by atoms with E-state index in [2.05, 4.69) is 12.5 Å². The van der Waals surface area contributed by atoms with Gasteiger partial charge in [0.15, 0.2) is 0 Å². The fourth-order valence-corrected chi connectivity index (χ4v) is 7.28. The van der Waals surface area contributed by atoms with Crippen molar-refractivity contribution < 1.29 is 132 Å². The molecular weight excluding hydrogens is 1130 g/mol. The maximum Gasteiger partial charge on any atom is 0.640 e. The molecule has 0 aliphatic carbocycles. The molecule has 3 saturated heterocycles. The summed E-state index contributed by atoms with van der Waals surface area (Å²) in [7, 11) is -21.1. The summed E-state index contributed by atoms with van der Waals surface area (Å²) in [6.07, 6.45) is -0.417. The minimum atomic E-state index is -5.91. The average Bonchev–Trinajstić information content (AvgIpc) is 4.05. The second-order valence-corrected chi connectivity index (χ2v) is 21.0. The highest BCUT2D eigenvalue weighted by atomic mass is 32.2. The van der Waals surface area contributed by atoms with Crippen LogP contribution in [0.3, 0.4) is 0 Å². The van der Waals surface area contributed by atoms with E-state index in [0.717, 1.165) is 60.2 Å². The van der Waals surface area contributed by atoms with Gasteiger partial charge in [0, 0.05) is 16.7 Å². The Morgan fingerprint density at radius 3 is 1.20 bits per heavy atom. The molecule has 3 heterocycles. The SMILES string of the molecule is CC1(C)OB(OCc2cc(F)ccc2OS(=O)(=O)C(F)(F)F)OC1(C)C.O=S(=O)(Oc1ccc(F)cc1COB1OCC(c2ccccc2)O1)C(F)(F)F.O=S(=O)(Oc1ccc(F)cc1COB1OCCO1)C(F)(F)F. The van der Waals surface area contributed by atoms with E-state index in [4.69, 9.17) is 41.9 Å². The molecule has 3 aliphatic rings. The molecule has 0 radical (unpaired) electrons. The van der Waals surface area contributed by atoms with Crippen molar-refractivity contribution in [2.75, 3.05) is 19.8 Å². The van der Waals surface area contributed by atoms with Gasteiger partial charge >= 0.3 is 68.8 Å². The summed E-state index contributed by atoms with van der Waals surface area (Å²) >= 11 is 0. The predicted octanol–water partition coefficient (Wildman–Crippen LogP) is 8.11. The van der Waals surface area contributed by atoms with E-state index in [1.165, 1.54) is 0 Å². The normalized spacial score (nSPS) is 17.9. The van der Waals surface area contributed by atoms with Gasteiger partial charge in [-0.2, -0.15) is 64.8 Å². The fraction of sp³-hybridized carbons (Fsp3) is 0.400. The average molecular weight is 1160 g/mol. The van der Waals surface area contributed by atoms with Crippen LogP contribution in [0.5, 0.6) is 17.2 Å². The fourth-order valence-electron chi connectivity index (χ4n) is 5.79. The van der Waals surface area contributed by atoms with E-state index < -0.39 is 141 Å². The van der Waals surface area contributed by atoms with Crippen LogP contribution in [0.1, 0.15) is 56.1 Å². The Morgan fingerprint density at radius 2 is 0.842 bits per heavy atom. The number of rotatable bonds is 16. The number of alkyl halides is 9. The first kappa shape index (κ1) is 62.0. The maximum atomic E-state index is 13.5. The first-order valence-electron chi connectivity index (χ1n) is 21.1. The standard InChI is InChI=1S/C16H13BF4O6S.C14H17BF4O6S.C10H9BF4O6S/c18-13-6-7-14(27-28(22,23)16(19,20)21)12(8-13)9-24-17-25-10-15(26-17)11-4-2-1-3-5-11;1-12(2)13(3,4)25-15(24-12)22-8-9-7-10(16)5-6-11(9)23-26(20,21)14(17,18)19;12-8-1-2-9(21-22(16,17)10(13,14)15)7(5-8)6-20-11-18-3-4-19-11/h1-8,15H,9-10H2;5-7H,8H2,1-4H3;1-2,5H,3-4,6H2. The lowest BCUT2D eigenvalue weighted by molar-refractivity contribution is -0.0505. The van der Waals surface area contributed by atoms with Crippen LogP contribution in [0.25, 0.3) is 0 Å². The number of hydrogen-bond acceptors (Lipinski definition) is 18. The van der Waals surface area contributed by atoms with E-state index in [1.54, 1.807) is 27.7 Å². The Hall–Kier alpha value is -4.88. The highest BCUT2D eigenvalue weighted by Gasteiger charge is 2.54. The molecule has 1 unspecified atom stereocenters. The van der Waals surface area contributed by atoms with Gasteiger partial charge in [-0.15, -0.1) is 0 Å². The van der Waals surface area contributed by atoms with E-state index in [1.807, 2.05) is 30.3 Å². The lowest BCUT2D eigenvalue weighted by atomic mass is 9.90. The monoisotopic (exact) mass is 1160 g/mol. The second kappa shape index (κ2) is 24.4.